The van der Waals surface area contributed by atoms with E-state index in [2.05, 4.69) is 9.97 Å². The summed E-state index contributed by atoms with van der Waals surface area (Å²) >= 11 is 6.20. The number of aromatic amines is 1. The first-order chi connectivity index (χ1) is 5.66. The first-order valence-corrected chi connectivity index (χ1v) is 4.21. The molecule has 2 heterocycles. The number of fused-ring (bicyclic) bond motifs is 1. The first kappa shape index (κ1) is 7.70. The summed E-state index contributed by atoms with van der Waals surface area (Å²) < 4.78 is 12.9. The molecule has 1 N–H and O–H groups in total. The fraction of sp³-hybridized carbons (Fsp3) is 0. The van der Waals surface area contributed by atoms with Crippen molar-refractivity contribution in [2.75, 3.05) is 0 Å². The Morgan fingerprint density at radius 3 is 3.17 bits per heavy atom. The van der Waals surface area contributed by atoms with Gasteiger partial charge in [-0.2, -0.15) is 4.39 Å². The number of hydrogen-bond acceptors (Lipinski definition) is 3. The van der Waals surface area contributed by atoms with Crippen LogP contribution in [-0.4, -0.2) is 9.97 Å². The molecule has 2 rings (SSSR count). The number of thiophene rings is 1. The summed E-state index contributed by atoms with van der Waals surface area (Å²) in [5.74, 6) is 0. The highest BCUT2D eigenvalue weighted by molar-refractivity contribution is 7.17. The maximum atomic E-state index is 12.6. The van der Waals surface area contributed by atoms with Gasteiger partial charge in [-0.3, -0.25) is 9.78 Å². The molecule has 0 aliphatic carbocycles. The van der Waals surface area contributed by atoms with Crippen molar-refractivity contribution in [2.24, 2.45) is 0 Å². The molecule has 3 nitrogen and oxygen atoms in total. The van der Waals surface area contributed by atoms with E-state index in [0.717, 1.165) is 11.3 Å². The minimum absolute atomic E-state index is 0.0229. The van der Waals surface area contributed by atoms with E-state index in [1.54, 1.807) is 0 Å². The van der Waals surface area contributed by atoms with Crippen molar-refractivity contribution in [1.29, 1.82) is 0 Å². The Balaban J connectivity index is 2.98. The molecular weight excluding hydrogens is 203 g/mol. The monoisotopic (exact) mass is 204 g/mol. The summed E-state index contributed by atoms with van der Waals surface area (Å²) in [5, 5.41) is -0.462. The van der Waals surface area contributed by atoms with Crippen LogP contribution in [0.1, 0.15) is 0 Å². The van der Waals surface area contributed by atoms with E-state index < -0.39 is 10.7 Å². The maximum Gasteiger partial charge on any atom is 0.269 e. The van der Waals surface area contributed by atoms with Crippen molar-refractivity contribution in [3.8, 4) is 0 Å². The Kier molecular flexibility index (Phi) is 1.62. The molecule has 0 bridgehead atoms. The molecule has 0 unspecified atom stereocenters. The smallest absolute Gasteiger partial charge is 0.269 e. The maximum absolute atomic E-state index is 12.6. The van der Waals surface area contributed by atoms with Crippen molar-refractivity contribution >= 4 is 33.2 Å². The highest BCUT2D eigenvalue weighted by atomic mass is 35.5. The fourth-order valence-electron chi connectivity index (χ4n) is 0.882. The van der Waals surface area contributed by atoms with Crippen LogP contribution in [0.15, 0.2) is 10.9 Å². The number of aromatic nitrogens is 2. The van der Waals surface area contributed by atoms with Crippen molar-refractivity contribution in [3.05, 3.63) is 26.8 Å². The normalized spacial score (nSPS) is 10.8. The van der Waals surface area contributed by atoms with E-state index in [1.807, 2.05) is 0 Å². The van der Waals surface area contributed by atoms with Crippen LogP contribution in [0.25, 0.3) is 10.2 Å². The van der Waals surface area contributed by atoms with Gasteiger partial charge in [0, 0.05) is 6.07 Å². The van der Waals surface area contributed by atoms with Crippen LogP contribution in [0.2, 0.25) is 5.28 Å². The highest BCUT2D eigenvalue weighted by Crippen LogP contribution is 2.19. The lowest BCUT2D eigenvalue weighted by Gasteiger charge is -1.87. The lowest BCUT2D eigenvalue weighted by molar-refractivity contribution is 0.658. The van der Waals surface area contributed by atoms with Gasteiger partial charge in [0.15, 0.2) is 5.13 Å². The second-order valence-corrected chi connectivity index (χ2v) is 3.48. The number of H-pyrrole nitrogens is 1. The molecule has 0 aromatic carbocycles. The Morgan fingerprint density at radius 1 is 1.67 bits per heavy atom. The van der Waals surface area contributed by atoms with Gasteiger partial charge in [0.05, 0.1) is 5.52 Å². The molecule has 6 heteroatoms. The van der Waals surface area contributed by atoms with Gasteiger partial charge in [-0.25, -0.2) is 4.98 Å². The Labute approximate surface area is 74.8 Å². The van der Waals surface area contributed by atoms with E-state index in [1.165, 1.54) is 6.07 Å². The molecule has 0 atom stereocenters. The number of halogens is 2. The van der Waals surface area contributed by atoms with Gasteiger partial charge in [-0.15, -0.1) is 0 Å². The predicted molar refractivity (Wildman–Crippen MR) is 45.2 cm³/mol. The topological polar surface area (TPSA) is 45.8 Å². The number of nitrogens with one attached hydrogen (secondary N) is 1. The molecule has 12 heavy (non-hydrogen) atoms. The zero-order valence-corrected chi connectivity index (χ0v) is 7.17. The van der Waals surface area contributed by atoms with Gasteiger partial charge in [-0.1, -0.05) is 11.3 Å². The van der Waals surface area contributed by atoms with Crippen molar-refractivity contribution in [3.63, 3.8) is 0 Å². The van der Waals surface area contributed by atoms with Crippen LogP contribution in [0, 0.1) is 5.13 Å². The van der Waals surface area contributed by atoms with Crippen LogP contribution < -0.4 is 5.56 Å². The van der Waals surface area contributed by atoms with E-state index in [4.69, 9.17) is 11.6 Å². The molecule has 2 aromatic heterocycles. The third-order valence-corrected chi connectivity index (χ3v) is 2.41. The lowest BCUT2D eigenvalue weighted by atomic mass is 10.5. The number of hydrogen-bond donors (Lipinski definition) is 1. The van der Waals surface area contributed by atoms with Crippen LogP contribution in [0.4, 0.5) is 4.39 Å². The molecule has 0 amide bonds. The molecular formula is C6H2ClFN2OS. The second kappa shape index (κ2) is 2.53. The predicted octanol–water partition coefficient (Wildman–Crippen LogP) is 1.78. The SMILES string of the molecule is O=c1[nH]c(Cl)nc2cc(F)sc12. The summed E-state index contributed by atoms with van der Waals surface area (Å²) in [6, 6.07) is 1.18. The third kappa shape index (κ3) is 1.11. The van der Waals surface area contributed by atoms with Crippen molar-refractivity contribution in [1.82, 2.24) is 9.97 Å². The van der Waals surface area contributed by atoms with Crippen LogP contribution in [0.5, 0.6) is 0 Å². The molecule has 62 valence electrons. The van der Waals surface area contributed by atoms with Gasteiger partial charge >= 0.3 is 0 Å². The van der Waals surface area contributed by atoms with E-state index in [-0.39, 0.29) is 9.98 Å². The summed E-state index contributed by atoms with van der Waals surface area (Å²) in [6.45, 7) is 0. The summed E-state index contributed by atoms with van der Waals surface area (Å²) in [5.41, 5.74) is -0.106. The summed E-state index contributed by atoms with van der Waals surface area (Å²) in [6.07, 6.45) is 0. The molecule has 0 saturated heterocycles. The van der Waals surface area contributed by atoms with Gasteiger partial charge in [0.25, 0.3) is 5.56 Å². The molecule has 0 aliphatic rings. The quantitative estimate of drug-likeness (QED) is 0.665. The molecule has 0 spiro atoms. The van der Waals surface area contributed by atoms with Gasteiger partial charge in [0.2, 0.25) is 5.28 Å². The molecule has 2 aromatic rings. The Bertz CT molecular complexity index is 492. The minimum atomic E-state index is -0.440. The van der Waals surface area contributed by atoms with E-state index >= 15 is 0 Å². The average Bonchev–Trinajstić information content (AvgIpc) is 2.29. The van der Waals surface area contributed by atoms with Gasteiger partial charge in [0.1, 0.15) is 4.70 Å². The minimum Gasteiger partial charge on any atom is -0.296 e. The zero-order valence-electron chi connectivity index (χ0n) is 5.60. The zero-order chi connectivity index (χ0) is 8.72. The van der Waals surface area contributed by atoms with E-state index in [0.29, 0.717) is 5.52 Å². The third-order valence-electron chi connectivity index (χ3n) is 1.32. The van der Waals surface area contributed by atoms with Crippen LogP contribution in [-0.2, 0) is 0 Å². The Hall–Kier alpha value is -0.940. The lowest BCUT2D eigenvalue weighted by Crippen LogP contribution is -2.05. The summed E-state index contributed by atoms with van der Waals surface area (Å²) in [7, 11) is 0. The van der Waals surface area contributed by atoms with Crippen LogP contribution in [0.3, 0.4) is 0 Å². The fourth-order valence-corrected chi connectivity index (χ4v) is 1.78. The van der Waals surface area contributed by atoms with Crippen LogP contribution >= 0.6 is 22.9 Å². The first-order valence-electron chi connectivity index (χ1n) is 3.01. The van der Waals surface area contributed by atoms with E-state index in [9.17, 15) is 9.18 Å². The molecule has 0 saturated carbocycles. The Morgan fingerprint density at radius 2 is 2.42 bits per heavy atom. The molecule has 0 radical (unpaired) electrons. The summed E-state index contributed by atoms with van der Waals surface area (Å²) in [4.78, 5) is 17.1. The second-order valence-electron chi connectivity index (χ2n) is 2.12. The van der Waals surface area contributed by atoms with Gasteiger partial charge < -0.3 is 0 Å². The standard InChI is InChI=1S/C6H2ClFN2OS/c7-6-9-2-1-3(8)12-4(2)5(11)10-6/h1H,(H,9,10,11). The van der Waals surface area contributed by atoms with Crippen molar-refractivity contribution in [2.45, 2.75) is 0 Å². The van der Waals surface area contributed by atoms with Gasteiger partial charge in [-0.05, 0) is 11.6 Å². The molecule has 0 fully saturated rings. The largest absolute Gasteiger partial charge is 0.296 e. The van der Waals surface area contributed by atoms with Crippen molar-refractivity contribution < 1.29 is 4.39 Å². The average molecular weight is 205 g/mol. The molecule has 0 aliphatic heterocycles. The number of rotatable bonds is 0. The number of nitrogens with zero attached hydrogens (tertiary/aromatic N) is 1. The highest BCUT2D eigenvalue weighted by Gasteiger charge is 2.06.